The lowest BCUT2D eigenvalue weighted by atomic mass is 10.0. The Morgan fingerprint density at radius 3 is 2.31 bits per heavy atom. The minimum absolute atomic E-state index is 0.294. The largest absolute Gasteiger partial charge is 0.493 e. The highest BCUT2D eigenvalue weighted by molar-refractivity contribution is 5.96. The van der Waals surface area contributed by atoms with Crippen LogP contribution in [0.4, 0.5) is 0 Å². The van der Waals surface area contributed by atoms with Crippen molar-refractivity contribution in [3.05, 3.63) is 90.1 Å². The first-order valence-electron chi connectivity index (χ1n) is 9.94. The number of H-pyrrole nitrogens is 1. The number of carbonyl (C=O) groups excluding carboxylic acids is 1. The molecule has 7 nitrogen and oxygen atoms in total. The van der Waals surface area contributed by atoms with Gasteiger partial charge < -0.3 is 9.47 Å². The van der Waals surface area contributed by atoms with Gasteiger partial charge >= 0.3 is 0 Å². The molecule has 3 aromatic carbocycles. The molecule has 160 valence electrons. The Balaban J connectivity index is 1.45. The number of nitrogens with zero attached hydrogens (tertiary/aromatic N) is 2. The smallest absolute Gasteiger partial charge is 0.271 e. The van der Waals surface area contributed by atoms with Gasteiger partial charge in [-0.3, -0.25) is 9.89 Å². The Morgan fingerprint density at radius 1 is 0.906 bits per heavy atom. The molecule has 0 aliphatic carbocycles. The Labute approximate surface area is 185 Å². The van der Waals surface area contributed by atoms with Crippen LogP contribution in [0.1, 0.15) is 15.9 Å². The molecule has 2 N–H and O–H groups in total. The molecular weight excluding hydrogens is 404 g/mol. The maximum Gasteiger partial charge on any atom is 0.271 e. The van der Waals surface area contributed by atoms with Crippen molar-refractivity contribution in [3.63, 3.8) is 0 Å². The number of rotatable bonds is 7. The van der Waals surface area contributed by atoms with E-state index in [4.69, 9.17) is 9.47 Å². The van der Waals surface area contributed by atoms with E-state index in [0.717, 1.165) is 27.9 Å². The Bertz CT molecular complexity index is 1230. The van der Waals surface area contributed by atoms with E-state index in [1.54, 1.807) is 38.8 Å². The number of amides is 1. The lowest BCUT2D eigenvalue weighted by Crippen LogP contribution is -2.17. The van der Waals surface area contributed by atoms with Gasteiger partial charge in [0.2, 0.25) is 0 Å². The van der Waals surface area contributed by atoms with Gasteiger partial charge in [0.25, 0.3) is 5.91 Å². The third-order valence-corrected chi connectivity index (χ3v) is 4.96. The Hall–Kier alpha value is -4.39. The molecule has 0 saturated heterocycles. The molecule has 0 bridgehead atoms. The Kier molecular flexibility index (Phi) is 6.27. The van der Waals surface area contributed by atoms with Crippen LogP contribution in [-0.4, -0.2) is 36.5 Å². The standard InChI is InChI=1S/C25H22N4O3/c1-31-22-13-12-20(14-23(22)32-2)24-21(15-26-28-24)16-27-29-25(30)19-10-8-18(9-11-19)17-6-4-3-5-7-17/h3-16H,1-2H3,(H,26,28)(H,29,30)/b27-16+. The van der Waals surface area contributed by atoms with Crippen LogP contribution < -0.4 is 14.9 Å². The maximum atomic E-state index is 12.5. The summed E-state index contributed by atoms with van der Waals surface area (Å²) in [6, 6.07) is 22.9. The molecule has 0 fully saturated rings. The van der Waals surface area contributed by atoms with Crippen LogP contribution in [0.25, 0.3) is 22.4 Å². The van der Waals surface area contributed by atoms with Crippen molar-refractivity contribution in [2.24, 2.45) is 5.10 Å². The van der Waals surface area contributed by atoms with Crippen molar-refractivity contribution in [3.8, 4) is 33.9 Å². The van der Waals surface area contributed by atoms with Gasteiger partial charge in [0, 0.05) is 16.7 Å². The number of hydrazone groups is 1. The number of nitrogens with one attached hydrogen (secondary N) is 2. The number of hydrogen-bond acceptors (Lipinski definition) is 5. The molecule has 0 aliphatic heterocycles. The minimum atomic E-state index is -0.294. The van der Waals surface area contributed by atoms with Crippen LogP contribution in [0.15, 0.2) is 84.1 Å². The van der Waals surface area contributed by atoms with Gasteiger partial charge in [-0.2, -0.15) is 10.2 Å². The van der Waals surface area contributed by atoms with E-state index in [2.05, 4.69) is 20.7 Å². The number of methoxy groups -OCH3 is 2. The van der Waals surface area contributed by atoms with Gasteiger partial charge in [0.1, 0.15) is 0 Å². The molecule has 0 radical (unpaired) electrons. The molecule has 0 aliphatic rings. The molecule has 0 spiro atoms. The van der Waals surface area contributed by atoms with Gasteiger partial charge in [-0.15, -0.1) is 0 Å². The molecule has 1 heterocycles. The van der Waals surface area contributed by atoms with E-state index < -0.39 is 0 Å². The number of benzene rings is 3. The predicted octanol–water partition coefficient (Wildman–Crippen LogP) is 4.52. The highest BCUT2D eigenvalue weighted by Crippen LogP contribution is 2.32. The summed E-state index contributed by atoms with van der Waals surface area (Å²) in [5.41, 5.74) is 7.54. The fourth-order valence-electron chi connectivity index (χ4n) is 3.29. The highest BCUT2D eigenvalue weighted by Gasteiger charge is 2.11. The van der Waals surface area contributed by atoms with Crippen molar-refractivity contribution in [1.82, 2.24) is 15.6 Å². The summed E-state index contributed by atoms with van der Waals surface area (Å²) in [6.45, 7) is 0. The average molecular weight is 426 g/mol. The molecular formula is C25H22N4O3. The summed E-state index contributed by atoms with van der Waals surface area (Å²) in [7, 11) is 3.17. The minimum Gasteiger partial charge on any atom is -0.493 e. The lowest BCUT2D eigenvalue weighted by Gasteiger charge is -2.09. The van der Waals surface area contributed by atoms with Crippen LogP contribution in [0.2, 0.25) is 0 Å². The summed E-state index contributed by atoms with van der Waals surface area (Å²) in [5.74, 6) is 0.947. The van der Waals surface area contributed by atoms with Crippen LogP contribution in [-0.2, 0) is 0 Å². The third kappa shape index (κ3) is 4.52. The average Bonchev–Trinajstić information content (AvgIpc) is 3.32. The van der Waals surface area contributed by atoms with Crippen LogP contribution in [0, 0.1) is 0 Å². The quantitative estimate of drug-likeness (QED) is 0.336. The summed E-state index contributed by atoms with van der Waals surface area (Å²) in [5, 5.41) is 11.1. The van der Waals surface area contributed by atoms with E-state index in [0.29, 0.717) is 17.1 Å². The molecule has 1 aromatic heterocycles. The van der Waals surface area contributed by atoms with Crippen molar-refractivity contribution in [2.45, 2.75) is 0 Å². The number of carbonyl (C=O) groups is 1. The van der Waals surface area contributed by atoms with Crippen LogP contribution in [0.5, 0.6) is 11.5 Å². The van der Waals surface area contributed by atoms with Crippen molar-refractivity contribution >= 4 is 12.1 Å². The molecule has 4 rings (SSSR count). The second kappa shape index (κ2) is 9.61. The SMILES string of the molecule is COc1ccc(-c2[nH]ncc2/C=N/NC(=O)c2ccc(-c3ccccc3)cc2)cc1OC. The van der Waals surface area contributed by atoms with E-state index in [-0.39, 0.29) is 5.91 Å². The zero-order chi connectivity index (χ0) is 22.3. The molecule has 0 saturated carbocycles. The van der Waals surface area contributed by atoms with E-state index in [1.165, 1.54) is 0 Å². The predicted molar refractivity (Wildman–Crippen MR) is 124 cm³/mol. The summed E-state index contributed by atoms with van der Waals surface area (Å²) in [6.07, 6.45) is 3.18. The van der Waals surface area contributed by atoms with Crippen LogP contribution >= 0.6 is 0 Å². The fourth-order valence-corrected chi connectivity index (χ4v) is 3.29. The van der Waals surface area contributed by atoms with E-state index in [1.807, 2.05) is 60.7 Å². The first-order chi connectivity index (χ1) is 15.7. The van der Waals surface area contributed by atoms with Gasteiger partial charge in [-0.05, 0) is 41.5 Å². The molecule has 0 atom stereocenters. The lowest BCUT2D eigenvalue weighted by molar-refractivity contribution is 0.0955. The zero-order valence-corrected chi connectivity index (χ0v) is 17.7. The van der Waals surface area contributed by atoms with Crippen LogP contribution in [0.3, 0.4) is 0 Å². The molecule has 1 amide bonds. The number of hydrogen-bond donors (Lipinski definition) is 2. The summed E-state index contributed by atoms with van der Waals surface area (Å²) >= 11 is 0. The first kappa shape index (κ1) is 20.9. The maximum absolute atomic E-state index is 12.5. The Morgan fingerprint density at radius 2 is 1.59 bits per heavy atom. The first-order valence-corrected chi connectivity index (χ1v) is 9.94. The monoisotopic (exact) mass is 426 g/mol. The number of ether oxygens (including phenoxy) is 2. The van der Waals surface area contributed by atoms with Gasteiger partial charge in [-0.25, -0.2) is 5.43 Å². The van der Waals surface area contributed by atoms with E-state index in [9.17, 15) is 4.79 Å². The summed E-state index contributed by atoms with van der Waals surface area (Å²) in [4.78, 5) is 12.5. The van der Waals surface area contributed by atoms with Gasteiger partial charge in [-0.1, -0.05) is 42.5 Å². The second-order valence-electron chi connectivity index (χ2n) is 6.91. The van der Waals surface area contributed by atoms with E-state index >= 15 is 0 Å². The summed E-state index contributed by atoms with van der Waals surface area (Å²) < 4.78 is 10.6. The molecule has 4 aromatic rings. The zero-order valence-electron chi connectivity index (χ0n) is 17.7. The van der Waals surface area contributed by atoms with Crippen molar-refractivity contribution in [2.75, 3.05) is 14.2 Å². The molecule has 32 heavy (non-hydrogen) atoms. The number of aromatic nitrogens is 2. The second-order valence-corrected chi connectivity index (χ2v) is 6.91. The number of aromatic amines is 1. The van der Waals surface area contributed by atoms with Gasteiger partial charge in [0.15, 0.2) is 11.5 Å². The molecule has 7 heteroatoms. The van der Waals surface area contributed by atoms with Crippen molar-refractivity contribution in [1.29, 1.82) is 0 Å². The third-order valence-electron chi connectivity index (χ3n) is 4.96. The van der Waals surface area contributed by atoms with Crippen molar-refractivity contribution < 1.29 is 14.3 Å². The highest BCUT2D eigenvalue weighted by atomic mass is 16.5. The topological polar surface area (TPSA) is 88.6 Å². The fraction of sp³-hybridized carbons (Fsp3) is 0.0800. The normalized spacial score (nSPS) is 10.8. The molecule has 0 unspecified atom stereocenters. The van der Waals surface area contributed by atoms with Gasteiger partial charge in [0.05, 0.1) is 32.3 Å².